The van der Waals surface area contributed by atoms with Gasteiger partial charge >= 0.3 is 0 Å². The highest BCUT2D eigenvalue weighted by atomic mass is 16.2. The van der Waals surface area contributed by atoms with Gasteiger partial charge in [0.25, 0.3) is 11.1 Å². The molecule has 1 aliphatic heterocycles. The van der Waals surface area contributed by atoms with Gasteiger partial charge in [0.05, 0.1) is 10.8 Å². The van der Waals surface area contributed by atoms with Crippen molar-refractivity contribution >= 4 is 16.7 Å². The predicted molar refractivity (Wildman–Crippen MR) is 104 cm³/mol. The van der Waals surface area contributed by atoms with Crippen molar-refractivity contribution in [1.29, 1.82) is 0 Å². The summed E-state index contributed by atoms with van der Waals surface area (Å²) in [4.78, 5) is 39.5. The second-order valence-electron chi connectivity index (χ2n) is 6.95. The summed E-state index contributed by atoms with van der Waals surface area (Å²) in [5.74, 6) is -0.138. The molecule has 2 aromatic carbocycles. The molecule has 0 spiro atoms. The normalized spacial score (nSPS) is 16.7. The summed E-state index contributed by atoms with van der Waals surface area (Å²) in [5.41, 5.74) is 0.482. The maximum Gasteiger partial charge on any atom is 0.273 e. The topological polar surface area (TPSA) is 75.2 Å². The van der Waals surface area contributed by atoms with Gasteiger partial charge in [-0.1, -0.05) is 42.5 Å². The first-order valence-corrected chi connectivity index (χ1v) is 9.19. The molecule has 6 nitrogen and oxygen atoms in total. The van der Waals surface area contributed by atoms with Gasteiger partial charge in [0, 0.05) is 12.6 Å². The zero-order valence-electron chi connectivity index (χ0n) is 14.9. The van der Waals surface area contributed by atoms with E-state index in [1.807, 2.05) is 23.1 Å². The Balaban J connectivity index is 1.57. The molecular weight excluding hydrogens is 342 g/mol. The summed E-state index contributed by atoms with van der Waals surface area (Å²) >= 11 is 0. The Morgan fingerprint density at radius 3 is 2.48 bits per heavy atom. The van der Waals surface area contributed by atoms with E-state index in [2.05, 4.69) is 17.2 Å². The van der Waals surface area contributed by atoms with Crippen LogP contribution in [0.1, 0.15) is 18.4 Å². The van der Waals surface area contributed by atoms with Gasteiger partial charge in [0.1, 0.15) is 6.54 Å². The first kappa shape index (κ1) is 17.3. The van der Waals surface area contributed by atoms with Gasteiger partial charge in [-0.3, -0.25) is 19.5 Å². The zero-order valence-corrected chi connectivity index (χ0v) is 14.9. The molecule has 1 N–H and O–H groups in total. The average Bonchev–Trinajstić information content (AvgIpc) is 3.15. The molecule has 27 heavy (non-hydrogen) atoms. The number of carbonyl (C=O) groups is 1. The zero-order chi connectivity index (χ0) is 18.8. The Morgan fingerprint density at radius 1 is 1.00 bits per heavy atom. The maximum atomic E-state index is 12.9. The number of nitrogens with one attached hydrogen (secondary N) is 1. The molecule has 0 radical (unpaired) electrons. The van der Waals surface area contributed by atoms with E-state index in [9.17, 15) is 14.4 Å². The minimum atomic E-state index is -0.361. The van der Waals surface area contributed by atoms with Crippen LogP contribution in [-0.4, -0.2) is 33.2 Å². The number of H-pyrrole nitrogens is 1. The number of benzene rings is 2. The molecule has 1 unspecified atom stereocenters. The third-order valence-corrected chi connectivity index (χ3v) is 5.19. The van der Waals surface area contributed by atoms with Crippen LogP contribution < -0.4 is 11.1 Å². The molecule has 1 fully saturated rings. The molecule has 1 saturated heterocycles. The van der Waals surface area contributed by atoms with Gasteiger partial charge in [0.2, 0.25) is 5.91 Å². The Labute approximate surface area is 156 Å². The number of fused-ring (bicyclic) bond motifs is 1. The lowest BCUT2D eigenvalue weighted by Gasteiger charge is -2.25. The van der Waals surface area contributed by atoms with Gasteiger partial charge in [0.15, 0.2) is 0 Å². The molecule has 1 aromatic heterocycles. The van der Waals surface area contributed by atoms with Crippen LogP contribution in [0.4, 0.5) is 0 Å². The van der Waals surface area contributed by atoms with Crippen molar-refractivity contribution in [3.05, 3.63) is 80.9 Å². The van der Waals surface area contributed by atoms with E-state index >= 15 is 0 Å². The van der Waals surface area contributed by atoms with E-state index in [0.717, 1.165) is 23.9 Å². The van der Waals surface area contributed by atoms with E-state index in [1.165, 1.54) is 5.56 Å². The Morgan fingerprint density at radius 2 is 1.70 bits per heavy atom. The second-order valence-corrected chi connectivity index (χ2v) is 6.95. The summed E-state index contributed by atoms with van der Waals surface area (Å²) in [7, 11) is 0. The van der Waals surface area contributed by atoms with Crippen molar-refractivity contribution in [3.63, 3.8) is 0 Å². The van der Waals surface area contributed by atoms with Crippen LogP contribution in [0.5, 0.6) is 0 Å². The van der Waals surface area contributed by atoms with Crippen molar-refractivity contribution in [2.45, 2.75) is 31.8 Å². The van der Waals surface area contributed by atoms with E-state index < -0.39 is 0 Å². The lowest BCUT2D eigenvalue weighted by atomic mass is 10.0. The van der Waals surface area contributed by atoms with Gasteiger partial charge in [-0.2, -0.15) is 0 Å². The van der Waals surface area contributed by atoms with Crippen LogP contribution >= 0.6 is 0 Å². The average molecular weight is 363 g/mol. The second kappa shape index (κ2) is 7.23. The van der Waals surface area contributed by atoms with Crippen LogP contribution in [0.15, 0.2) is 64.2 Å². The third-order valence-electron chi connectivity index (χ3n) is 5.19. The van der Waals surface area contributed by atoms with Crippen molar-refractivity contribution in [2.24, 2.45) is 0 Å². The Bertz CT molecular complexity index is 1090. The van der Waals surface area contributed by atoms with Gasteiger partial charge < -0.3 is 4.90 Å². The largest absolute Gasteiger partial charge is 0.338 e. The summed E-state index contributed by atoms with van der Waals surface area (Å²) in [6, 6.07) is 16.9. The smallest absolute Gasteiger partial charge is 0.273 e. The highest BCUT2D eigenvalue weighted by Gasteiger charge is 2.29. The van der Waals surface area contributed by atoms with Crippen LogP contribution in [0.2, 0.25) is 0 Å². The van der Waals surface area contributed by atoms with E-state index in [1.54, 1.807) is 24.3 Å². The fourth-order valence-electron chi connectivity index (χ4n) is 3.85. The fourth-order valence-corrected chi connectivity index (χ4v) is 3.85. The van der Waals surface area contributed by atoms with Crippen LogP contribution in [0.3, 0.4) is 0 Å². The molecule has 3 aromatic rings. The van der Waals surface area contributed by atoms with Crippen LogP contribution in [0.25, 0.3) is 10.8 Å². The summed E-state index contributed by atoms with van der Waals surface area (Å²) in [6.07, 6.45) is 2.70. The fraction of sp³-hybridized carbons (Fsp3) is 0.286. The van der Waals surface area contributed by atoms with Crippen LogP contribution in [-0.2, 0) is 17.8 Å². The number of amides is 1. The number of aromatic nitrogens is 2. The number of carbonyl (C=O) groups excluding carboxylic acids is 1. The number of hydrogen-bond acceptors (Lipinski definition) is 3. The molecule has 0 aliphatic carbocycles. The van der Waals surface area contributed by atoms with Crippen molar-refractivity contribution in [1.82, 2.24) is 14.7 Å². The first-order chi connectivity index (χ1) is 13.1. The van der Waals surface area contributed by atoms with Gasteiger partial charge in [-0.05, 0) is 37.0 Å². The molecule has 4 rings (SSSR count). The molecule has 0 bridgehead atoms. The van der Waals surface area contributed by atoms with Gasteiger partial charge in [-0.15, -0.1) is 0 Å². The highest BCUT2D eigenvalue weighted by Crippen LogP contribution is 2.21. The standard InChI is InChI=1S/C21H21N3O3/c25-19(23-12-6-9-16(23)13-15-7-2-1-3-8-15)14-24-21(27)18-11-5-4-10-17(18)20(26)22-24/h1-5,7-8,10-11,16H,6,9,12-14H2,(H,22,26). The quantitative estimate of drug-likeness (QED) is 0.770. The predicted octanol–water partition coefficient (Wildman–Crippen LogP) is 1.92. The molecule has 1 amide bonds. The maximum absolute atomic E-state index is 12.9. The van der Waals surface area contributed by atoms with Gasteiger partial charge in [-0.25, -0.2) is 4.68 Å². The number of likely N-dealkylation sites (tertiary alicyclic amines) is 1. The summed E-state index contributed by atoms with van der Waals surface area (Å²) < 4.78 is 1.13. The summed E-state index contributed by atoms with van der Waals surface area (Å²) in [5, 5.41) is 3.21. The lowest BCUT2D eigenvalue weighted by molar-refractivity contribution is -0.132. The van der Waals surface area contributed by atoms with E-state index in [4.69, 9.17) is 0 Å². The SMILES string of the molecule is O=C(Cn1[nH]c(=O)c2ccccc2c1=O)N1CCCC1Cc1ccccc1. The lowest BCUT2D eigenvalue weighted by Crippen LogP contribution is -2.42. The number of rotatable bonds is 4. The highest BCUT2D eigenvalue weighted by molar-refractivity contribution is 5.81. The molecule has 6 heteroatoms. The van der Waals surface area contributed by atoms with Crippen molar-refractivity contribution < 1.29 is 4.79 Å². The molecular formula is C21H21N3O3. The minimum absolute atomic E-state index is 0.128. The van der Waals surface area contributed by atoms with E-state index in [0.29, 0.717) is 17.3 Å². The molecule has 0 saturated carbocycles. The summed E-state index contributed by atoms with van der Waals surface area (Å²) in [6.45, 7) is 0.535. The number of nitrogens with zero attached hydrogens (tertiary/aromatic N) is 2. The van der Waals surface area contributed by atoms with Crippen molar-refractivity contribution in [2.75, 3.05) is 6.54 Å². The van der Waals surface area contributed by atoms with Crippen molar-refractivity contribution in [3.8, 4) is 0 Å². The Kier molecular flexibility index (Phi) is 4.62. The van der Waals surface area contributed by atoms with E-state index in [-0.39, 0.29) is 29.6 Å². The number of hydrogen-bond donors (Lipinski definition) is 1. The molecule has 138 valence electrons. The first-order valence-electron chi connectivity index (χ1n) is 9.19. The number of aromatic amines is 1. The monoisotopic (exact) mass is 363 g/mol. The third kappa shape index (κ3) is 3.43. The molecule has 1 atom stereocenters. The Hall–Kier alpha value is -3.15. The molecule has 1 aliphatic rings. The molecule has 2 heterocycles. The van der Waals surface area contributed by atoms with Crippen LogP contribution in [0, 0.1) is 0 Å². The minimum Gasteiger partial charge on any atom is -0.338 e.